The van der Waals surface area contributed by atoms with Gasteiger partial charge in [-0.15, -0.1) is 0 Å². The Morgan fingerprint density at radius 2 is 2.25 bits per heavy atom. The molecule has 0 aromatic carbocycles. The van der Waals surface area contributed by atoms with E-state index >= 15 is 0 Å². The molecule has 5 unspecified atom stereocenters. The highest BCUT2D eigenvalue weighted by Gasteiger charge is 2.41. The maximum atomic E-state index is 11.5. The molecule has 0 spiro atoms. The van der Waals surface area contributed by atoms with Crippen LogP contribution in [0.4, 0.5) is 0 Å². The highest BCUT2D eigenvalue weighted by molar-refractivity contribution is 8.00. The minimum absolute atomic E-state index is 0.155. The standard InChI is InChI=1S/C11H19NO3S/c1-6-4-8-10(7(2)15-6)16-5-9(12-8)11(13)14-3/h6-10,12H,4-5H2,1-3H3. The van der Waals surface area contributed by atoms with E-state index < -0.39 is 0 Å². The van der Waals surface area contributed by atoms with Crippen LogP contribution in [0.15, 0.2) is 0 Å². The number of carbonyl (C=O) groups is 1. The van der Waals surface area contributed by atoms with E-state index in [1.165, 1.54) is 7.11 Å². The molecule has 0 aromatic heterocycles. The van der Waals surface area contributed by atoms with Gasteiger partial charge in [0.1, 0.15) is 6.04 Å². The fourth-order valence-electron chi connectivity index (χ4n) is 2.53. The SMILES string of the molecule is COC(=O)C1CSC2C(CC(C)OC2C)N1. The van der Waals surface area contributed by atoms with Crippen molar-refractivity contribution < 1.29 is 14.3 Å². The molecule has 2 saturated heterocycles. The van der Waals surface area contributed by atoms with E-state index in [0.717, 1.165) is 12.2 Å². The summed E-state index contributed by atoms with van der Waals surface area (Å²) in [5, 5.41) is 3.85. The van der Waals surface area contributed by atoms with Gasteiger partial charge in [0.25, 0.3) is 0 Å². The average Bonchev–Trinajstić information content (AvgIpc) is 2.27. The molecule has 0 aromatic rings. The average molecular weight is 245 g/mol. The number of fused-ring (bicyclic) bond motifs is 1. The van der Waals surface area contributed by atoms with Crippen LogP contribution in [0.25, 0.3) is 0 Å². The van der Waals surface area contributed by atoms with Gasteiger partial charge in [-0.2, -0.15) is 11.8 Å². The monoisotopic (exact) mass is 245 g/mol. The van der Waals surface area contributed by atoms with E-state index in [4.69, 9.17) is 9.47 Å². The molecule has 0 radical (unpaired) electrons. The summed E-state index contributed by atoms with van der Waals surface area (Å²) in [6, 6.07) is 0.204. The molecule has 5 heteroatoms. The summed E-state index contributed by atoms with van der Waals surface area (Å²) in [4.78, 5) is 11.5. The fourth-order valence-corrected chi connectivity index (χ4v) is 3.93. The summed E-state index contributed by atoms with van der Waals surface area (Å²) in [7, 11) is 1.44. The predicted molar refractivity (Wildman–Crippen MR) is 63.6 cm³/mol. The molecule has 16 heavy (non-hydrogen) atoms. The van der Waals surface area contributed by atoms with Crippen molar-refractivity contribution in [3.63, 3.8) is 0 Å². The molecule has 0 bridgehead atoms. The molecule has 2 fully saturated rings. The highest BCUT2D eigenvalue weighted by atomic mass is 32.2. The summed E-state index contributed by atoms with van der Waals surface area (Å²) in [5.74, 6) is 0.619. The lowest BCUT2D eigenvalue weighted by Crippen LogP contribution is -2.60. The zero-order chi connectivity index (χ0) is 11.7. The molecule has 2 rings (SSSR count). The third-order valence-corrected chi connectivity index (χ3v) is 4.87. The van der Waals surface area contributed by atoms with Gasteiger partial charge in [-0.3, -0.25) is 10.1 Å². The summed E-state index contributed by atoms with van der Waals surface area (Å²) < 4.78 is 10.6. The van der Waals surface area contributed by atoms with Gasteiger partial charge in [-0.05, 0) is 20.3 Å². The molecule has 92 valence electrons. The van der Waals surface area contributed by atoms with Crippen molar-refractivity contribution in [2.45, 2.75) is 49.8 Å². The van der Waals surface area contributed by atoms with E-state index in [1.54, 1.807) is 0 Å². The molecule has 5 atom stereocenters. The first kappa shape index (κ1) is 12.2. The zero-order valence-corrected chi connectivity index (χ0v) is 10.8. The third-order valence-electron chi connectivity index (χ3n) is 3.25. The Bertz CT molecular complexity index is 274. The minimum Gasteiger partial charge on any atom is -0.468 e. The van der Waals surface area contributed by atoms with Gasteiger partial charge in [0.15, 0.2) is 0 Å². The van der Waals surface area contributed by atoms with E-state index in [0.29, 0.717) is 11.3 Å². The maximum Gasteiger partial charge on any atom is 0.323 e. The van der Waals surface area contributed by atoms with Crippen molar-refractivity contribution in [3.8, 4) is 0 Å². The maximum absolute atomic E-state index is 11.5. The lowest BCUT2D eigenvalue weighted by molar-refractivity contribution is -0.143. The van der Waals surface area contributed by atoms with Gasteiger partial charge in [-0.25, -0.2) is 0 Å². The number of rotatable bonds is 1. The van der Waals surface area contributed by atoms with E-state index in [2.05, 4.69) is 19.2 Å². The van der Waals surface area contributed by atoms with Crippen LogP contribution in [0, 0.1) is 0 Å². The molecule has 2 heterocycles. The van der Waals surface area contributed by atoms with Gasteiger partial charge in [0.05, 0.1) is 19.3 Å². The van der Waals surface area contributed by atoms with Gasteiger partial charge in [0.2, 0.25) is 0 Å². The Kier molecular flexibility index (Phi) is 3.77. The van der Waals surface area contributed by atoms with E-state index in [1.807, 2.05) is 11.8 Å². The number of nitrogens with one attached hydrogen (secondary N) is 1. The summed E-state index contributed by atoms with van der Waals surface area (Å²) in [6.07, 6.45) is 1.49. The quantitative estimate of drug-likeness (QED) is 0.692. The number of thioether (sulfide) groups is 1. The normalized spacial score (nSPS) is 43.6. The predicted octanol–water partition coefficient (Wildman–Crippen LogP) is 0.799. The number of hydrogen-bond acceptors (Lipinski definition) is 5. The first-order chi connectivity index (χ1) is 7.61. The third kappa shape index (κ3) is 2.36. The highest BCUT2D eigenvalue weighted by Crippen LogP contribution is 2.33. The zero-order valence-electron chi connectivity index (χ0n) is 9.93. The first-order valence-electron chi connectivity index (χ1n) is 5.72. The van der Waals surface area contributed by atoms with Crippen LogP contribution in [0.2, 0.25) is 0 Å². The Labute approximate surface area is 100 Å². The van der Waals surface area contributed by atoms with Crippen LogP contribution in [-0.4, -0.2) is 48.4 Å². The Balaban J connectivity index is 2.00. The first-order valence-corrected chi connectivity index (χ1v) is 6.77. The summed E-state index contributed by atoms with van der Waals surface area (Å²) in [6.45, 7) is 4.20. The molecule has 0 amide bonds. The van der Waals surface area contributed by atoms with Crippen molar-refractivity contribution in [1.82, 2.24) is 5.32 Å². The van der Waals surface area contributed by atoms with Crippen LogP contribution < -0.4 is 5.32 Å². The smallest absolute Gasteiger partial charge is 0.323 e. The second-order valence-electron chi connectivity index (χ2n) is 4.53. The number of esters is 1. The molecule has 0 aliphatic carbocycles. The second-order valence-corrected chi connectivity index (χ2v) is 5.75. The van der Waals surface area contributed by atoms with Crippen molar-refractivity contribution in [3.05, 3.63) is 0 Å². The largest absolute Gasteiger partial charge is 0.468 e. The van der Waals surface area contributed by atoms with Gasteiger partial charge in [-0.1, -0.05) is 0 Å². The Morgan fingerprint density at radius 1 is 1.50 bits per heavy atom. The number of methoxy groups -OCH3 is 1. The molecule has 2 aliphatic heterocycles. The van der Waals surface area contributed by atoms with Crippen LogP contribution in [-0.2, 0) is 14.3 Å². The molecule has 0 saturated carbocycles. The number of ether oxygens (including phenoxy) is 2. The molecular formula is C11H19NO3S. The van der Waals surface area contributed by atoms with E-state index in [9.17, 15) is 4.79 Å². The van der Waals surface area contributed by atoms with Gasteiger partial charge < -0.3 is 9.47 Å². The van der Waals surface area contributed by atoms with Crippen LogP contribution >= 0.6 is 11.8 Å². The van der Waals surface area contributed by atoms with Crippen molar-refractivity contribution in [2.75, 3.05) is 12.9 Å². The number of carbonyl (C=O) groups excluding carboxylic acids is 1. The Hall–Kier alpha value is -0.260. The van der Waals surface area contributed by atoms with Crippen LogP contribution in [0.1, 0.15) is 20.3 Å². The topological polar surface area (TPSA) is 47.6 Å². The molecule has 4 nitrogen and oxygen atoms in total. The molecule has 1 N–H and O–H groups in total. The van der Waals surface area contributed by atoms with Gasteiger partial charge >= 0.3 is 5.97 Å². The summed E-state index contributed by atoms with van der Waals surface area (Å²) in [5.41, 5.74) is 0. The second kappa shape index (κ2) is 4.94. The van der Waals surface area contributed by atoms with E-state index in [-0.39, 0.29) is 24.2 Å². The fraction of sp³-hybridized carbons (Fsp3) is 0.909. The van der Waals surface area contributed by atoms with Crippen LogP contribution in [0.5, 0.6) is 0 Å². The van der Waals surface area contributed by atoms with Crippen LogP contribution in [0.3, 0.4) is 0 Å². The van der Waals surface area contributed by atoms with Crippen molar-refractivity contribution >= 4 is 17.7 Å². The Morgan fingerprint density at radius 3 is 2.94 bits per heavy atom. The summed E-state index contributed by atoms with van der Waals surface area (Å²) >= 11 is 1.82. The minimum atomic E-state index is -0.159. The molecular weight excluding hydrogens is 226 g/mol. The van der Waals surface area contributed by atoms with Crippen molar-refractivity contribution in [1.29, 1.82) is 0 Å². The van der Waals surface area contributed by atoms with Crippen molar-refractivity contribution in [2.24, 2.45) is 0 Å². The van der Waals surface area contributed by atoms with Gasteiger partial charge in [0, 0.05) is 17.0 Å². The molecule has 2 aliphatic rings. The lowest BCUT2D eigenvalue weighted by Gasteiger charge is -2.44. The number of hydrogen-bond donors (Lipinski definition) is 1. The lowest BCUT2D eigenvalue weighted by atomic mass is 9.98.